The van der Waals surface area contributed by atoms with E-state index in [1.54, 1.807) is 54.9 Å². The van der Waals surface area contributed by atoms with Crippen molar-refractivity contribution in [2.75, 3.05) is 45.4 Å². The minimum Gasteiger partial charge on any atom is -0.478 e. The normalized spacial score (nSPS) is 12.8. The van der Waals surface area contributed by atoms with E-state index < -0.39 is 22.5 Å². The molecule has 0 bridgehead atoms. The summed E-state index contributed by atoms with van der Waals surface area (Å²) < 4.78 is 37.5. The fourth-order valence-electron chi connectivity index (χ4n) is 6.67. The molecule has 7 rings (SSSR count). The van der Waals surface area contributed by atoms with Crippen molar-refractivity contribution in [2.45, 2.75) is 16.7 Å². The van der Waals surface area contributed by atoms with Gasteiger partial charge in [-0.15, -0.1) is 0 Å². The van der Waals surface area contributed by atoms with Crippen LogP contribution < -0.4 is 19.2 Å². The van der Waals surface area contributed by atoms with E-state index in [0.29, 0.717) is 53.7 Å². The molecule has 0 radical (unpaired) electrons. The lowest BCUT2D eigenvalue weighted by atomic mass is 9.95. The standard InChI is InChI=1S/C41H36F2N6O4S2/c1-26-38(41(50)51)39(40(46(26)2)27-8-10-28(42)11-9-27)34-24-31(16-18-35(34)43)48-22-20-47(21-23-48)30-14-12-29(13-15-30)44-55-33-17-19-36(37(25-33)49(52)53)45-54-32-6-4-3-5-7-32/h3-19,24-25,44-45H,20-23H2,1-2H3,(H,50,51). The van der Waals surface area contributed by atoms with Gasteiger partial charge in [-0.1, -0.05) is 18.2 Å². The SMILES string of the molecule is Cc1c(C(=O)O)c(-c2cc(N3CCN(c4ccc(NSc5ccc(NSc6ccccc6)c([N+](=O)[O-])c5)cc4)CC3)ccc2F)c(-c2ccc(F)cc2)n1C. The van der Waals surface area contributed by atoms with Gasteiger partial charge in [0.2, 0.25) is 0 Å². The van der Waals surface area contributed by atoms with Crippen molar-refractivity contribution in [1.29, 1.82) is 0 Å². The average Bonchev–Trinajstić information content (AvgIpc) is 3.46. The van der Waals surface area contributed by atoms with E-state index in [2.05, 4.69) is 19.2 Å². The molecule has 0 unspecified atom stereocenters. The number of anilines is 4. The fourth-order valence-corrected chi connectivity index (χ4v) is 8.04. The molecule has 55 heavy (non-hydrogen) atoms. The molecule has 1 fully saturated rings. The number of hydrogen-bond acceptors (Lipinski definition) is 9. The number of carboxylic acid groups (broad SMARTS) is 1. The summed E-state index contributed by atoms with van der Waals surface area (Å²) in [5.41, 5.74) is 5.02. The highest BCUT2D eigenvalue weighted by atomic mass is 32.2. The predicted molar refractivity (Wildman–Crippen MR) is 217 cm³/mol. The Labute approximate surface area is 325 Å². The number of carbonyl (C=O) groups is 1. The highest BCUT2D eigenvalue weighted by molar-refractivity contribution is 8.00. The van der Waals surface area contributed by atoms with E-state index in [1.807, 2.05) is 60.7 Å². The summed E-state index contributed by atoms with van der Waals surface area (Å²) in [6, 6.07) is 33.1. The van der Waals surface area contributed by atoms with E-state index in [0.717, 1.165) is 22.0 Å². The number of aromatic carboxylic acids is 1. The van der Waals surface area contributed by atoms with Gasteiger partial charge in [-0.2, -0.15) is 0 Å². The number of benzene rings is 5. The van der Waals surface area contributed by atoms with Gasteiger partial charge in [-0.25, -0.2) is 13.6 Å². The summed E-state index contributed by atoms with van der Waals surface area (Å²) in [5.74, 6) is -2.14. The Bertz CT molecular complexity index is 2350. The maximum absolute atomic E-state index is 15.7. The van der Waals surface area contributed by atoms with Crippen molar-refractivity contribution < 1.29 is 23.6 Å². The van der Waals surface area contributed by atoms with Gasteiger partial charge in [0.1, 0.15) is 17.3 Å². The number of nitro benzene ring substituents is 1. The van der Waals surface area contributed by atoms with Crippen LogP contribution in [0.2, 0.25) is 0 Å². The van der Waals surface area contributed by atoms with Crippen LogP contribution >= 0.6 is 23.9 Å². The van der Waals surface area contributed by atoms with Gasteiger partial charge in [0.15, 0.2) is 0 Å². The molecular formula is C41H36F2N6O4S2. The zero-order valence-electron chi connectivity index (χ0n) is 29.8. The molecule has 0 amide bonds. The Kier molecular flexibility index (Phi) is 11.0. The maximum Gasteiger partial charge on any atom is 0.338 e. The van der Waals surface area contributed by atoms with Crippen LogP contribution in [0.25, 0.3) is 22.4 Å². The Balaban J connectivity index is 1.01. The summed E-state index contributed by atoms with van der Waals surface area (Å²) in [4.78, 5) is 30.0. The largest absolute Gasteiger partial charge is 0.478 e. The lowest BCUT2D eigenvalue weighted by Crippen LogP contribution is -2.46. The van der Waals surface area contributed by atoms with Gasteiger partial charge in [-0.3, -0.25) is 10.1 Å². The minimum absolute atomic E-state index is 0.00395. The molecule has 2 heterocycles. The second kappa shape index (κ2) is 16.2. The second-order valence-electron chi connectivity index (χ2n) is 12.9. The van der Waals surface area contributed by atoms with E-state index in [4.69, 9.17) is 0 Å². The van der Waals surface area contributed by atoms with Crippen LogP contribution in [0.15, 0.2) is 125 Å². The van der Waals surface area contributed by atoms with Crippen LogP contribution in [0, 0.1) is 28.7 Å². The molecule has 10 nitrogen and oxygen atoms in total. The van der Waals surface area contributed by atoms with E-state index in [-0.39, 0.29) is 22.4 Å². The van der Waals surface area contributed by atoms with Crippen LogP contribution in [0.3, 0.4) is 0 Å². The first-order valence-electron chi connectivity index (χ1n) is 17.3. The molecule has 280 valence electrons. The van der Waals surface area contributed by atoms with Crippen molar-refractivity contribution >= 4 is 58.3 Å². The molecule has 1 aliphatic heterocycles. The Morgan fingerprint density at radius 2 is 1.42 bits per heavy atom. The van der Waals surface area contributed by atoms with Gasteiger partial charge in [0, 0.05) is 83.0 Å². The summed E-state index contributed by atoms with van der Waals surface area (Å²) >= 11 is 2.60. The number of nitro groups is 1. The van der Waals surface area contributed by atoms with Gasteiger partial charge < -0.3 is 28.9 Å². The molecule has 0 saturated carbocycles. The molecule has 0 aliphatic carbocycles. The fraction of sp³-hybridized carbons (Fsp3) is 0.146. The van der Waals surface area contributed by atoms with Crippen LogP contribution in [0.5, 0.6) is 0 Å². The van der Waals surface area contributed by atoms with Crippen LogP contribution in [-0.2, 0) is 7.05 Å². The number of nitrogens with zero attached hydrogens (tertiary/aromatic N) is 4. The number of piperazine rings is 1. The average molecular weight is 779 g/mol. The minimum atomic E-state index is -1.17. The lowest BCUT2D eigenvalue weighted by Gasteiger charge is -2.37. The summed E-state index contributed by atoms with van der Waals surface area (Å²) in [6.45, 7) is 4.39. The van der Waals surface area contributed by atoms with E-state index in [1.165, 1.54) is 42.1 Å². The smallest absolute Gasteiger partial charge is 0.338 e. The number of carboxylic acids is 1. The topological polar surface area (TPSA) is 116 Å². The quantitative estimate of drug-likeness (QED) is 0.0630. The van der Waals surface area contributed by atoms with Crippen LogP contribution in [-0.4, -0.2) is 46.7 Å². The Hall–Kier alpha value is -5.99. The molecule has 1 aliphatic rings. The van der Waals surface area contributed by atoms with Crippen molar-refractivity contribution in [3.63, 3.8) is 0 Å². The van der Waals surface area contributed by atoms with Crippen LogP contribution in [0.4, 0.5) is 37.2 Å². The van der Waals surface area contributed by atoms with E-state index >= 15 is 4.39 Å². The third-order valence-electron chi connectivity index (χ3n) is 9.59. The Morgan fingerprint density at radius 3 is 2.07 bits per heavy atom. The van der Waals surface area contributed by atoms with Gasteiger partial charge in [0.25, 0.3) is 5.69 Å². The number of halogens is 2. The van der Waals surface area contributed by atoms with Crippen molar-refractivity contribution in [1.82, 2.24) is 4.57 Å². The van der Waals surface area contributed by atoms with Crippen molar-refractivity contribution in [3.05, 3.63) is 148 Å². The number of hydrogen-bond donors (Lipinski definition) is 3. The van der Waals surface area contributed by atoms with Crippen LogP contribution in [0.1, 0.15) is 16.1 Å². The van der Waals surface area contributed by atoms with E-state index in [9.17, 15) is 24.4 Å². The van der Waals surface area contributed by atoms with Crippen molar-refractivity contribution in [3.8, 4) is 22.4 Å². The molecule has 0 spiro atoms. The van der Waals surface area contributed by atoms with Gasteiger partial charge in [-0.05, 0) is 127 Å². The first-order valence-corrected chi connectivity index (χ1v) is 19.0. The lowest BCUT2D eigenvalue weighted by molar-refractivity contribution is -0.384. The zero-order chi connectivity index (χ0) is 38.6. The Morgan fingerprint density at radius 1 is 0.782 bits per heavy atom. The molecule has 3 N–H and O–H groups in total. The second-order valence-corrected chi connectivity index (χ2v) is 14.7. The van der Waals surface area contributed by atoms with Crippen molar-refractivity contribution in [2.24, 2.45) is 7.05 Å². The molecule has 1 aromatic heterocycles. The highest BCUT2D eigenvalue weighted by Crippen LogP contribution is 2.41. The third-order valence-corrected chi connectivity index (χ3v) is 11.2. The molecule has 6 aromatic rings. The van der Waals surface area contributed by atoms with Gasteiger partial charge in [0.05, 0.1) is 16.2 Å². The number of nitrogens with one attached hydrogen (secondary N) is 2. The zero-order valence-corrected chi connectivity index (χ0v) is 31.5. The summed E-state index contributed by atoms with van der Waals surface area (Å²) in [5, 5.41) is 22.1. The third kappa shape index (κ3) is 8.10. The molecular weight excluding hydrogens is 743 g/mol. The summed E-state index contributed by atoms with van der Waals surface area (Å²) in [7, 11) is 1.73. The summed E-state index contributed by atoms with van der Waals surface area (Å²) in [6.07, 6.45) is 0. The molecule has 14 heteroatoms. The monoisotopic (exact) mass is 778 g/mol. The molecule has 5 aromatic carbocycles. The first-order chi connectivity index (χ1) is 26.6. The predicted octanol–water partition coefficient (Wildman–Crippen LogP) is 10.1. The number of rotatable bonds is 12. The highest BCUT2D eigenvalue weighted by Gasteiger charge is 2.28. The molecule has 0 atom stereocenters. The first kappa shape index (κ1) is 37.3. The number of aromatic nitrogens is 1. The maximum atomic E-state index is 15.7. The molecule has 1 saturated heterocycles. The van der Waals surface area contributed by atoms with Gasteiger partial charge >= 0.3 is 5.97 Å².